The summed E-state index contributed by atoms with van der Waals surface area (Å²) in [6, 6.07) is 9.96. The lowest BCUT2D eigenvalue weighted by Gasteiger charge is -2.29. The Balaban J connectivity index is 1.41. The van der Waals surface area contributed by atoms with E-state index in [1.54, 1.807) is 0 Å². The number of aliphatic imine (C=N–C) groups is 1. The van der Waals surface area contributed by atoms with Crippen molar-refractivity contribution < 1.29 is 9.47 Å². The minimum atomic E-state index is 0.0842. The molecule has 0 aliphatic carbocycles. The molecule has 0 aromatic heterocycles. The smallest absolute Gasteiger partial charge is 0.193 e. The van der Waals surface area contributed by atoms with Gasteiger partial charge in [0.15, 0.2) is 5.96 Å². The summed E-state index contributed by atoms with van der Waals surface area (Å²) in [6.45, 7) is 10.0. The van der Waals surface area contributed by atoms with Crippen LogP contribution in [0.5, 0.6) is 5.75 Å². The van der Waals surface area contributed by atoms with E-state index in [1.165, 1.54) is 13.0 Å². The lowest BCUT2D eigenvalue weighted by molar-refractivity contribution is 0.0315. The average molecular weight is 361 g/mol. The predicted molar refractivity (Wildman–Crippen MR) is 105 cm³/mol. The molecule has 3 rings (SSSR count). The summed E-state index contributed by atoms with van der Waals surface area (Å²) in [5, 5.41) is 3.47. The van der Waals surface area contributed by atoms with Crippen molar-refractivity contribution in [3.05, 3.63) is 30.3 Å². The maximum absolute atomic E-state index is 5.94. The number of para-hydroxylation sites is 1. The van der Waals surface area contributed by atoms with Gasteiger partial charge in [0.25, 0.3) is 0 Å². The third-order valence-electron chi connectivity index (χ3n) is 5.05. The molecule has 1 aromatic carbocycles. The zero-order valence-electron chi connectivity index (χ0n) is 16.1. The van der Waals surface area contributed by atoms with E-state index in [0.717, 1.165) is 57.6 Å². The quantitative estimate of drug-likeness (QED) is 0.618. The Bertz CT molecular complexity index is 560. The third kappa shape index (κ3) is 5.61. The van der Waals surface area contributed by atoms with Gasteiger partial charge in [0.05, 0.1) is 19.8 Å². The highest BCUT2D eigenvalue weighted by Gasteiger charge is 2.27. The van der Waals surface area contributed by atoms with Crippen LogP contribution in [0.3, 0.4) is 0 Å². The first-order valence-electron chi connectivity index (χ1n) is 9.72. The summed E-state index contributed by atoms with van der Waals surface area (Å²) in [5.74, 6) is 2.60. The van der Waals surface area contributed by atoms with E-state index in [0.29, 0.717) is 5.92 Å². The molecular formula is C20H32N4O2. The number of ether oxygens (including phenoxy) is 2. The molecule has 0 radical (unpaired) electrons. The Labute approximate surface area is 157 Å². The van der Waals surface area contributed by atoms with Crippen LogP contribution in [0.4, 0.5) is 0 Å². The molecule has 1 N–H and O–H groups in total. The molecular weight excluding hydrogens is 328 g/mol. The molecule has 26 heavy (non-hydrogen) atoms. The monoisotopic (exact) mass is 360 g/mol. The van der Waals surface area contributed by atoms with Gasteiger partial charge in [0, 0.05) is 39.8 Å². The van der Waals surface area contributed by atoms with Crippen LogP contribution >= 0.6 is 0 Å². The highest BCUT2D eigenvalue weighted by Crippen LogP contribution is 2.18. The number of nitrogens with zero attached hydrogens (tertiary/aromatic N) is 3. The van der Waals surface area contributed by atoms with Crippen LogP contribution in [0.1, 0.15) is 13.3 Å². The molecule has 1 aromatic rings. The lowest BCUT2D eigenvalue weighted by Crippen LogP contribution is -2.44. The van der Waals surface area contributed by atoms with Gasteiger partial charge in [-0.1, -0.05) is 18.2 Å². The normalized spacial score (nSPS) is 23.1. The molecule has 144 valence electrons. The first-order chi connectivity index (χ1) is 12.7. The van der Waals surface area contributed by atoms with Gasteiger partial charge in [-0.3, -0.25) is 9.89 Å². The number of benzene rings is 1. The molecule has 2 heterocycles. The lowest BCUT2D eigenvalue weighted by atomic mass is 10.1. The molecule has 0 spiro atoms. The molecule has 2 atom stereocenters. The molecule has 6 heteroatoms. The predicted octanol–water partition coefficient (Wildman–Crippen LogP) is 1.68. The molecule has 2 fully saturated rings. The Morgan fingerprint density at radius 1 is 1.27 bits per heavy atom. The van der Waals surface area contributed by atoms with Crippen LogP contribution in [-0.4, -0.2) is 81.4 Å². The summed E-state index contributed by atoms with van der Waals surface area (Å²) < 4.78 is 11.4. The van der Waals surface area contributed by atoms with Gasteiger partial charge in [-0.25, -0.2) is 0 Å². The second-order valence-electron chi connectivity index (χ2n) is 7.18. The molecule has 2 unspecified atom stereocenters. The fourth-order valence-corrected chi connectivity index (χ4v) is 3.66. The maximum Gasteiger partial charge on any atom is 0.193 e. The van der Waals surface area contributed by atoms with Crippen molar-refractivity contribution in [1.82, 2.24) is 15.1 Å². The zero-order valence-corrected chi connectivity index (χ0v) is 16.1. The van der Waals surface area contributed by atoms with E-state index in [2.05, 4.69) is 27.0 Å². The van der Waals surface area contributed by atoms with Crippen molar-refractivity contribution in [3.63, 3.8) is 0 Å². The number of guanidine groups is 1. The van der Waals surface area contributed by atoms with E-state index in [-0.39, 0.29) is 6.10 Å². The molecule has 2 saturated heterocycles. The van der Waals surface area contributed by atoms with Gasteiger partial charge in [-0.2, -0.15) is 0 Å². The van der Waals surface area contributed by atoms with E-state index in [9.17, 15) is 0 Å². The fourth-order valence-electron chi connectivity index (χ4n) is 3.66. The molecule has 6 nitrogen and oxygen atoms in total. The van der Waals surface area contributed by atoms with Crippen LogP contribution < -0.4 is 10.1 Å². The standard InChI is InChI=1S/C20H32N4O2/c1-17(26-19-6-4-3-5-7-19)14-22-20(21-2)24-9-8-18(16-24)15-23-10-12-25-13-11-23/h3-7,17-18H,8-16H2,1-2H3,(H,21,22). The van der Waals surface area contributed by atoms with Gasteiger partial charge >= 0.3 is 0 Å². The topological polar surface area (TPSA) is 49.3 Å². The average Bonchev–Trinajstić information content (AvgIpc) is 3.12. The Hall–Kier alpha value is -1.79. The molecule has 2 aliphatic heterocycles. The highest BCUT2D eigenvalue weighted by molar-refractivity contribution is 5.80. The van der Waals surface area contributed by atoms with Crippen molar-refractivity contribution >= 4 is 5.96 Å². The van der Waals surface area contributed by atoms with Crippen molar-refractivity contribution in [2.45, 2.75) is 19.4 Å². The zero-order chi connectivity index (χ0) is 18.2. The molecule has 2 aliphatic rings. The SMILES string of the molecule is CN=C(NCC(C)Oc1ccccc1)N1CCC(CN2CCOCC2)C1. The fraction of sp³-hybridized carbons (Fsp3) is 0.650. The Morgan fingerprint density at radius 3 is 2.77 bits per heavy atom. The maximum atomic E-state index is 5.94. The summed E-state index contributed by atoms with van der Waals surface area (Å²) in [5.41, 5.74) is 0. The molecule has 0 bridgehead atoms. The number of likely N-dealkylation sites (tertiary alicyclic amines) is 1. The Kier molecular flexibility index (Phi) is 7.14. The third-order valence-corrected chi connectivity index (χ3v) is 5.05. The van der Waals surface area contributed by atoms with Crippen molar-refractivity contribution in [3.8, 4) is 5.75 Å². The second kappa shape index (κ2) is 9.78. The highest BCUT2D eigenvalue weighted by atomic mass is 16.5. The van der Waals surface area contributed by atoms with Gasteiger partial charge in [-0.05, 0) is 31.4 Å². The van der Waals surface area contributed by atoms with Crippen LogP contribution in [-0.2, 0) is 4.74 Å². The van der Waals surface area contributed by atoms with E-state index in [4.69, 9.17) is 9.47 Å². The summed E-state index contributed by atoms with van der Waals surface area (Å²) in [7, 11) is 1.86. The van der Waals surface area contributed by atoms with E-state index in [1.807, 2.05) is 37.4 Å². The summed E-state index contributed by atoms with van der Waals surface area (Å²) in [6.07, 6.45) is 1.31. The molecule has 0 amide bonds. The van der Waals surface area contributed by atoms with Crippen LogP contribution in [0.15, 0.2) is 35.3 Å². The van der Waals surface area contributed by atoms with Gasteiger partial charge in [0.2, 0.25) is 0 Å². The number of hydrogen-bond acceptors (Lipinski definition) is 4. The first-order valence-corrected chi connectivity index (χ1v) is 9.72. The van der Waals surface area contributed by atoms with Crippen LogP contribution in [0, 0.1) is 5.92 Å². The molecule has 0 saturated carbocycles. The van der Waals surface area contributed by atoms with Crippen molar-refractivity contribution in [2.24, 2.45) is 10.9 Å². The van der Waals surface area contributed by atoms with E-state index < -0.39 is 0 Å². The van der Waals surface area contributed by atoms with Crippen LogP contribution in [0.2, 0.25) is 0 Å². The van der Waals surface area contributed by atoms with Crippen molar-refractivity contribution in [2.75, 3.05) is 59.5 Å². The van der Waals surface area contributed by atoms with Gasteiger partial charge in [-0.15, -0.1) is 0 Å². The number of hydrogen-bond donors (Lipinski definition) is 1. The minimum Gasteiger partial charge on any atom is -0.489 e. The minimum absolute atomic E-state index is 0.0842. The van der Waals surface area contributed by atoms with Crippen molar-refractivity contribution in [1.29, 1.82) is 0 Å². The largest absolute Gasteiger partial charge is 0.489 e. The van der Waals surface area contributed by atoms with Gasteiger partial charge in [0.1, 0.15) is 11.9 Å². The number of nitrogens with one attached hydrogen (secondary N) is 1. The Morgan fingerprint density at radius 2 is 2.04 bits per heavy atom. The number of rotatable bonds is 6. The van der Waals surface area contributed by atoms with Gasteiger partial charge < -0.3 is 19.7 Å². The summed E-state index contributed by atoms with van der Waals surface area (Å²) >= 11 is 0. The summed E-state index contributed by atoms with van der Waals surface area (Å²) in [4.78, 5) is 9.38. The number of morpholine rings is 1. The second-order valence-corrected chi connectivity index (χ2v) is 7.18. The van der Waals surface area contributed by atoms with Crippen LogP contribution in [0.25, 0.3) is 0 Å². The van der Waals surface area contributed by atoms with E-state index >= 15 is 0 Å². The first kappa shape index (κ1) is 19.0.